The van der Waals surface area contributed by atoms with Gasteiger partial charge in [-0.15, -0.1) is 0 Å². The molecular formula is C13H9N3O5S. The summed E-state index contributed by atoms with van der Waals surface area (Å²) >= 11 is 0. The molecule has 0 fully saturated rings. The van der Waals surface area contributed by atoms with E-state index in [1.54, 1.807) is 0 Å². The first-order valence-electron chi connectivity index (χ1n) is 5.81. The van der Waals surface area contributed by atoms with Crippen LogP contribution in [0.3, 0.4) is 0 Å². The van der Waals surface area contributed by atoms with Crippen molar-refractivity contribution in [3.05, 3.63) is 58.1 Å². The van der Waals surface area contributed by atoms with Gasteiger partial charge in [0.15, 0.2) is 0 Å². The molecule has 0 bridgehead atoms. The number of nitro benzene ring substituents is 1. The van der Waals surface area contributed by atoms with Crippen LogP contribution in [0.4, 0.5) is 5.69 Å². The number of nitriles is 1. The van der Waals surface area contributed by atoms with Crippen molar-refractivity contribution < 1.29 is 17.5 Å². The summed E-state index contributed by atoms with van der Waals surface area (Å²) in [5.74, 6) is 0.0201. The van der Waals surface area contributed by atoms with Gasteiger partial charge < -0.3 is 4.18 Å². The lowest BCUT2D eigenvalue weighted by Gasteiger charge is -2.06. The summed E-state index contributed by atoms with van der Waals surface area (Å²) in [6.45, 7) is 0. The minimum absolute atomic E-state index is 0.0201. The summed E-state index contributed by atoms with van der Waals surface area (Å²) in [5.41, 5.74) is 1.01. The summed E-state index contributed by atoms with van der Waals surface area (Å²) in [6, 6.07) is 11.6. The quantitative estimate of drug-likeness (QED) is 0.673. The van der Waals surface area contributed by atoms with Crippen molar-refractivity contribution in [3.8, 4) is 22.9 Å². The van der Waals surface area contributed by atoms with Crippen LogP contribution in [0.1, 0.15) is 5.56 Å². The minimum Gasteiger partial charge on any atom is -0.371 e. The van der Waals surface area contributed by atoms with Crippen molar-refractivity contribution in [2.45, 2.75) is 0 Å². The van der Waals surface area contributed by atoms with Crippen LogP contribution in [0, 0.1) is 21.4 Å². The van der Waals surface area contributed by atoms with Crippen LogP contribution in [0.25, 0.3) is 11.1 Å². The van der Waals surface area contributed by atoms with Gasteiger partial charge in [-0.3, -0.25) is 10.1 Å². The van der Waals surface area contributed by atoms with Crippen molar-refractivity contribution in [1.29, 1.82) is 5.26 Å². The van der Waals surface area contributed by atoms with Crippen LogP contribution >= 0.6 is 0 Å². The molecule has 0 aliphatic carbocycles. The third-order valence-corrected chi connectivity index (χ3v) is 3.14. The highest BCUT2D eigenvalue weighted by atomic mass is 32.2. The average molecular weight is 319 g/mol. The van der Waals surface area contributed by atoms with Gasteiger partial charge in [0.1, 0.15) is 11.8 Å². The van der Waals surface area contributed by atoms with E-state index >= 15 is 0 Å². The van der Waals surface area contributed by atoms with Gasteiger partial charge in [-0.1, -0.05) is 12.1 Å². The second kappa shape index (κ2) is 5.80. The standard InChI is InChI=1S/C13H9N3O5S/c14-8-10-7-11(16(17)18)3-6-13(10)9-1-4-12(5-2-9)21-22(15,19)20/h1-7H,(H2,15,19,20). The molecule has 8 nitrogen and oxygen atoms in total. The number of nitrogens with two attached hydrogens (primary N) is 1. The van der Waals surface area contributed by atoms with E-state index in [1.165, 1.54) is 42.5 Å². The highest BCUT2D eigenvalue weighted by molar-refractivity contribution is 7.84. The summed E-state index contributed by atoms with van der Waals surface area (Å²) in [5, 5.41) is 24.6. The maximum Gasteiger partial charge on any atom is 0.380 e. The zero-order valence-electron chi connectivity index (χ0n) is 11.0. The fourth-order valence-electron chi connectivity index (χ4n) is 1.81. The molecule has 0 aromatic heterocycles. The van der Waals surface area contributed by atoms with Gasteiger partial charge in [-0.05, 0) is 29.3 Å². The van der Waals surface area contributed by atoms with Crippen LogP contribution in [0.15, 0.2) is 42.5 Å². The molecule has 0 spiro atoms. The first-order chi connectivity index (χ1) is 10.3. The number of nitro groups is 1. The molecule has 9 heteroatoms. The molecular weight excluding hydrogens is 310 g/mol. The smallest absolute Gasteiger partial charge is 0.371 e. The molecule has 0 heterocycles. The highest BCUT2D eigenvalue weighted by Gasteiger charge is 2.12. The van der Waals surface area contributed by atoms with E-state index in [9.17, 15) is 18.5 Å². The Morgan fingerprint density at radius 3 is 2.32 bits per heavy atom. The van der Waals surface area contributed by atoms with Crippen LogP contribution in [0.5, 0.6) is 5.75 Å². The lowest BCUT2D eigenvalue weighted by atomic mass is 10.00. The summed E-state index contributed by atoms with van der Waals surface area (Å²) in [7, 11) is -4.11. The molecule has 112 valence electrons. The molecule has 0 amide bonds. The van der Waals surface area contributed by atoms with Gasteiger partial charge in [0.25, 0.3) is 5.69 Å². The summed E-state index contributed by atoms with van der Waals surface area (Å²) in [6.07, 6.45) is 0. The number of nitrogens with zero attached hydrogens (tertiary/aromatic N) is 2. The first-order valence-corrected chi connectivity index (χ1v) is 7.28. The Balaban J connectivity index is 2.40. The molecule has 0 saturated heterocycles. The van der Waals surface area contributed by atoms with Crippen LogP contribution in [-0.2, 0) is 10.3 Å². The summed E-state index contributed by atoms with van der Waals surface area (Å²) < 4.78 is 26.1. The molecule has 2 aromatic carbocycles. The number of non-ortho nitro benzene ring substituents is 1. The van der Waals surface area contributed by atoms with E-state index in [2.05, 4.69) is 4.18 Å². The zero-order valence-corrected chi connectivity index (χ0v) is 11.8. The number of hydrogen-bond donors (Lipinski definition) is 1. The predicted molar refractivity (Wildman–Crippen MR) is 77.0 cm³/mol. The predicted octanol–water partition coefficient (Wildman–Crippen LogP) is 1.72. The van der Waals surface area contributed by atoms with Gasteiger partial charge in [0.2, 0.25) is 0 Å². The van der Waals surface area contributed by atoms with Gasteiger partial charge in [-0.2, -0.15) is 18.8 Å². The number of hydrogen-bond acceptors (Lipinski definition) is 6. The van der Waals surface area contributed by atoms with E-state index in [0.29, 0.717) is 11.1 Å². The van der Waals surface area contributed by atoms with Gasteiger partial charge in [-0.25, -0.2) is 0 Å². The Labute approximate surface area is 125 Å². The first kappa shape index (κ1) is 15.4. The van der Waals surface area contributed by atoms with Crippen LogP contribution in [-0.4, -0.2) is 13.3 Å². The maximum atomic E-state index is 10.8. The van der Waals surface area contributed by atoms with E-state index in [4.69, 9.17) is 10.4 Å². The van der Waals surface area contributed by atoms with E-state index < -0.39 is 15.2 Å². The number of benzene rings is 2. The topological polar surface area (TPSA) is 136 Å². The zero-order chi connectivity index (χ0) is 16.3. The third-order valence-electron chi connectivity index (χ3n) is 2.71. The Hall–Kier alpha value is -2.96. The largest absolute Gasteiger partial charge is 0.380 e. The minimum atomic E-state index is -4.11. The normalized spacial score (nSPS) is 10.7. The Kier molecular flexibility index (Phi) is 4.07. The molecule has 0 aliphatic heterocycles. The fourth-order valence-corrected chi connectivity index (χ4v) is 2.19. The molecule has 0 unspecified atom stereocenters. The number of rotatable bonds is 4. The van der Waals surface area contributed by atoms with Crippen LogP contribution in [0.2, 0.25) is 0 Å². The molecule has 0 atom stereocenters. The van der Waals surface area contributed by atoms with Crippen LogP contribution < -0.4 is 9.32 Å². The molecule has 0 aliphatic rings. The van der Waals surface area contributed by atoms with Crippen molar-refractivity contribution in [3.63, 3.8) is 0 Å². The Bertz CT molecular complexity index is 870. The van der Waals surface area contributed by atoms with Crippen molar-refractivity contribution >= 4 is 16.0 Å². The molecule has 2 rings (SSSR count). The van der Waals surface area contributed by atoms with E-state index in [-0.39, 0.29) is 17.0 Å². The molecule has 2 aromatic rings. The second-order valence-electron chi connectivity index (χ2n) is 4.20. The highest BCUT2D eigenvalue weighted by Crippen LogP contribution is 2.28. The molecule has 0 radical (unpaired) electrons. The van der Waals surface area contributed by atoms with E-state index in [0.717, 1.165) is 0 Å². The monoisotopic (exact) mass is 319 g/mol. The second-order valence-corrected chi connectivity index (χ2v) is 5.35. The Morgan fingerprint density at radius 2 is 1.82 bits per heavy atom. The molecule has 2 N–H and O–H groups in total. The van der Waals surface area contributed by atoms with Gasteiger partial charge >= 0.3 is 10.3 Å². The van der Waals surface area contributed by atoms with Crippen molar-refractivity contribution in [2.75, 3.05) is 0 Å². The third kappa shape index (κ3) is 3.57. The van der Waals surface area contributed by atoms with E-state index in [1.807, 2.05) is 6.07 Å². The van der Waals surface area contributed by atoms with Gasteiger partial charge in [0.05, 0.1) is 10.5 Å². The lowest BCUT2D eigenvalue weighted by Crippen LogP contribution is -2.18. The van der Waals surface area contributed by atoms with Crippen molar-refractivity contribution in [2.24, 2.45) is 5.14 Å². The summed E-state index contributed by atoms with van der Waals surface area (Å²) in [4.78, 5) is 10.1. The molecule has 22 heavy (non-hydrogen) atoms. The molecule has 0 saturated carbocycles. The van der Waals surface area contributed by atoms with Gasteiger partial charge in [0, 0.05) is 12.1 Å². The lowest BCUT2D eigenvalue weighted by molar-refractivity contribution is -0.384. The van der Waals surface area contributed by atoms with Crippen molar-refractivity contribution in [1.82, 2.24) is 0 Å². The SMILES string of the molecule is N#Cc1cc([N+](=O)[O-])ccc1-c1ccc(OS(N)(=O)=O)cc1. The maximum absolute atomic E-state index is 10.8. The Morgan fingerprint density at radius 1 is 1.18 bits per heavy atom. The fraction of sp³-hybridized carbons (Fsp3) is 0. The average Bonchev–Trinajstić information content (AvgIpc) is 2.45.